The molecule has 1 aromatic carbocycles. The van der Waals surface area contributed by atoms with Crippen LogP contribution in [0, 0.1) is 6.92 Å². The number of halogens is 3. The second-order valence-corrected chi connectivity index (χ2v) is 4.30. The molecule has 5 heteroatoms. The van der Waals surface area contributed by atoms with Gasteiger partial charge in [0.05, 0.1) is 11.3 Å². The first-order valence-corrected chi connectivity index (χ1v) is 5.77. The molecule has 0 amide bonds. The highest BCUT2D eigenvalue weighted by Crippen LogP contribution is 2.29. The highest BCUT2D eigenvalue weighted by atomic mass is 19.4. The molecule has 1 aromatic heterocycles. The summed E-state index contributed by atoms with van der Waals surface area (Å²) in [5, 5.41) is 2.94. The predicted octanol–water partition coefficient (Wildman–Crippen LogP) is 4.02. The molecule has 19 heavy (non-hydrogen) atoms. The van der Waals surface area contributed by atoms with Gasteiger partial charge >= 0.3 is 6.18 Å². The Bertz CT molecular complexity index is 565. The highest BCUT2D eigenvalue weighted by molar-refractivity contribution is 5.44. The minimum atomic E-state index is -4.37. The summed E-state index contributed by atoms with van der Waals surface area (Å²) < 4.78 is 37.5. The highest BCUT2D eigenvalue weighted by Gasteiger charge is 2.30. The monoisotopic (exact) mass is 266 g/mol. The Kier molecular flexibility index (Phi) is 3.74. The topological polar surface area (TPSA) is 24.9 Å². The van der Waals surface area contributed by atoms with Crippen molar-refractivity contribution in [3.63, 3.8) is 0 Å². The third-order valence-electron chi connectivity index (χ3n) is 2.64. The summed E-state index contributed by atoms with van der Waals surface area (Å²) in [5.41, 5.74) is 1.73. The zero-order valence-electron chi connectivity index (χ0n) is 10.3. The summed E-state index contributed by atoms with van der Waals surface area (Å²) >= 11 is 0. The van der Waals surface area contributed by atoms with E-state index >= 15 is 0 Å². The van der Waals surface area contributed by atoms with Crippen LogP contribution in [0.5, 0.6) is 0 Å². The Morgan fingerprint density at radius 1 is 1.16 bits per heavy atom. The molecule has 0 aliphatic carbocycles. The van der Waals surface area contributed by atoms with Crippen LogP contribution in [0.25, 0.3) is 0 Å². The Morgan fingerprint density at radius 2 is 1.95 bits per heavy atom. The van der Waals surface area contributed by atoms with Gasteiger partial charge in [0, 0.05) is 18.9 Å². The summed E-state index contributed by atoms with van der Waals surface area (Å²) in [6, 6.07) is 8.84. The predicted molar refractivity (Wildman–Crippen MR) is 67.7 cm³/mol. The van der Waals surface area contributed by atoms with Crippen molar-refractivity contribution in [3.05, 3.63) is 59.4 Å². The molecule has 2 rings (SSSR count). The van der Waals surface area contributed by atoms with E-state index in [1.54, 1.807) is 0 Å². The van der Waals surface area contributed by atoms with Crippen molar-refractivity contribution >= 4 is 5.69 Å². The lowest BCUT2D eigenvalue weighted by Gasteiger charge is -2.10. The van der Waals surface area contributed by atoms with Crippen LogP contribution >= 0.6 is 0 Å². The van der Waals surface area contributed by atoms with E-state index in [1.165, 1.54) is 6.20 Å². The van der Waals surface area contributed by atoms with Crippen molar-refractivity contribution < 1.29 is 13.2 Å². The van der Waals surface area contributed by atoms with E-state index < -0.39 is 11.7 Å². The first-order valence-electron chi connectivity index (χ1n) is 5.77. The smallest absolute Gasteiger partial charge is 0.380 e. The van der Waals surface area contributed by atoms with Gasteiger partial charge in [-0.2, -0.15) is 13.2 Å². The first-order chi connectivity index (χ1) is 8.95. The van der Waals surface area contributed by atoms with Crippen LogP contribution in [-0.4, -0.2) is 4.98 Å². The number of alkyl halides is 3. The second-order valence-electron chi connectivity index (χ2n) is 4.30. The minimum absolute atomic E-state index is 0.358. The zero-order valence-corrected chi connectivity index (χ0v) is 10.3. The van der Waals surface area contributed by atoms with Gasteiger partial charge in [-0.1, -0.05) is 29.8 Å². The summed E-state index contributed by atoms with van der Waals surface area (Å²) in [7, 11) is 0. The largest absolute Gasteiger partial charge is 0.417 e. The van der Waals surface area contributed by atoms with Gasteiger partial charge in [-0.05, 0) is 18.6 Å². The number of hydrogen-bond acceptors (Lipinski definition) is 2. The Hall–Kier alpha value is -2.04. The van der Waals surface area contributed by atoms with E-state index in [-0.39, 0.29) is 0 Å². The molecule has 1 N–H and O–H groups in total. The van der Waals surface area contributed by atoms with E-state index in [9.17, 15) is 13.2 Å². The number of aryl methyl sites for hydroxylation is 1. The van der Waals surface area contributed by atoms with Gasteiger partial charge in [0.1, 0.15) is 0 Å². The van der Waals surface area contributed by atoms with Gasteiger partial charge in [0.15, 0.2) is 0 Å². The first kappa shape index (κ1) is 13.4. The standard InChI is InChI=1S/C14H13F3N2/c1-10-3-2-4-11(5-10)7-19-13-6-12(8-18-9-13)14(15,16)17/h2-6,8-9,19H,7H2,1H3. The molecule has 0 spiro atoms. The van der Waals surface area contributed by atoms with Crippen LogP contribution < -0.4 is 5.32 Å². The minimum Gasteiger partial charge on any atom is -0.380 e. The maximum Gasteiger partial charge on any atom is 0.417 e. The van der Waals surface area contributed by atoms with Crippen molar-refractivity contribution in [3.8, 4) is 0 Å². The number of rotatable bonds is 3. The lowest BCUT2D eigenvalue weighted by molar-refractivity contribution is -0.137. The molecular weight excluding hydrogens is 253 g/mol. The van der Waals surface area contributed by atoms with Crippen molar-refractivity contribution in [2.24, 2.45) is 0 Å². The number of anilines is 1. The zero-order chi connectivity index (χ0) is 13.9. The van der Waals surface area contributed by atoms with Crippen LogP contribution in [0.3, 0.4) is 0 Å². The quantitative estimate of drug-likeness (QED) is 0.907. The van der Waals surface area contributed by atoms with Crippen molar-refractivity contribution in [1.29, 1.82) is 0 Å². The average Bonchev–Trinajstić information content (AvgIpc) is 2.36. The number of benzene rings is 1. The maximum atomic E-state index is 12.5. The molecule has 0 bridgehead atoms. The normalized spacial score (nSPS) is 11.4. The van der Waals surface area contributed by atoms with Crippen LogP contribution in [0.4, 0.5) is 18.9 Å². The van der Waals surface area contributed by atoms with E-state index in [1.807, 2.05) is 31.2 Å². The molecule has 2 nitrogen and oxygen atoms in total. The van der Waals surface area contributed by atoms with Crippen LogP contribution in [0.1, 0.15) is 16.7 Å². The third-order valence-corrected chi connectivity index (χ3v) is 2.64. The fourth-order valence-corrected chi connectivity index (χ4v) is 1.72. The number of nitrogens with one attached hydrogen (secondary N) is 1. The van der Waals surface area contributed by atoms with Crippen molar-refractivity contribution in [1.82, 2.24) is 4.98 Å². The molecule has 0 saturated carbocycles. The van der Waals surface area contributed by atoms with Gasteiger partial charge in [0.2, 0.25) is 0 Å². The molecule has 100 valence electrons. The average molecular weight is 266 g/mol. The van der Waals surface area contributed by atoms with E-state index in [2.05, 4.69) is 10.3 Å². The molecular formula is C14H13F3N2. The molecule has 0 fully saturated rings. The maximum absolute atomic E-state index is 12.5. The number of hydrogen-bond donors (Lipinski definition) is 1. The van der Waals surface area contributed by atoms with Crippen LogP contribution in [0.15, 0.2) is 42.7 Å². The van der Waals surface area contributed by atoms with E-state index in [0.29, 0.717) is 12.2 Å². The number of aromatic nitrogens is 1. The molecule has 0 saturated heterocycles. The van der Waals surface area contributed by atoms with E-state index in [0.717, 1.165) is 23.4 Å². The molecule has 0 atom stereocenters. The SMILES string of the molecule is Cc1cccc(CNc2cncc(C(F)(F)F)c2)c1. The fourth-order valence-electron chi connectivity index (χ4n) is 1.72. The number of nitrogens with zero attached hydrogens (tertiary/aromatic N) is 1. The third kappa shape index (κ3) is 3.71. The van der Waals surface area contributed by atoms with Crippen molar-refractivity contribution in [2.45, 2.75) is 19.6 Å². The van der Waals surface area contributed by atoms with Gasteiger partial charge in [-0.3, -0.25) is 4.98 Å². The molecule has 0 radical (unpaired) electrons. The van der Waals surface area contributed by atoms with Gasteiger partial charge in [0.25, 0.3) is 0 Å². The molecule has 2 aromatic rings. The molecule has 1 heterocycles. The summed E-state index contributed by atoms with van der Waals surface area (Å²) in [6.45, 7) is 2.43. The fraction of sp³-hybridized carbons (Fsp3) is 0.214. The number of pyridine rings is 1. The summed E-state index contributed by atoms with van der Waals surface area (Å²) in [5.74, 6) is 0. The Morgan fingerprint density at radius 3 is 2.63 bits per heavy atom. The van der Waals surface area contributed by atoms with Crippen molar-refractivity contribution in [2.75, 3.05) is 5.32 Å². The lowest BCUT2D eigenvalue weighted by Crippen LogP contribution is -2.07. The van der Waals surface area contributed by atoms with Crippen LogP contribution in [0.2, 0.25) is 0 Å². The summed E-state index contributed by atoms with van der Waals surface area (Å²) in [6.07, 6.45) is -2.17. The Balaban J connectivity index is 2.08. The second kappa shape index (κ2) is 5.30. The van der Waals surface area contributed by atoms with E-state index in [4.69, 9.17) is 0 Å². The van der Waals surface area contributed by atoms with Gasteiger partial charge < -0.3 is 5.32 Å². The molecule has 0 aliphatic heterocycles. The lowest BCUT2D eigenvalue weighted by atomic mass is 10.1. The van der Waals surface area contributed by atoms with Crippen LogP contribution in [-0.2, 0) is 12.7 Å². The molecule has 0 aliphatic rings. The van der Waals surface area contributed by atoms with Gasteiger partial charge in [-0.25, -0.2) is 0 Å². The molecule has 0 unspecified atom stereocenters. The van der Waals surface area contributed by atoms with Gasteiger partial charge in [-0.15, -0.1) is 0 Å². The Labute approximate surface area is 109 Å². The summed E-state index contributed by atoms with van der Waals surface area (Å²) in [4.78, 5) is 3.60.